The van der Waals surface area contributed by atoms with Crippen LogP contribution in [0, 0.1) is 18.8 Å². The van der Waals surface area contributed by atoms with Crippen LogP contribution in [0.25, 0.3) is 5.69 Å². The van der Waals surface area contributed by atoms with Gasteiger partial charge in [-0.05, 0) is 61.6 Å². The lowest BCUT2D eigenvalue weighted by molar-refractivity contribution is -0.143. The first kappa shape index (κ1) is 36.5. The third-order valence-electron chi connectivity index (χ3n) is 10.1. The van der Waals surface area contributed by atoms with Crippen LogP contribution in [-0.2, 0) is 15.7 Å². The van der Waals surface area contributed by atoms with E-state index in [4.69, 9.17) is 21.1 Å². The summed E-state index contributed by atoms with van der Waals surface area (Å²) >= 11 is 6.42. The van der Waals surface area contributed by atoms with Crippen LogP contribution in [0.4, 0.5) is 23.7 Å². The van der Waals surface area contributed by atoms with E-state index in [-0.39, 0.29) is 35.3 Å². The molecule has 0 saturated carbocycles. The molecule has 3 aliphatic rings. The number of benzene rings is 2. The van der Waals surface area contributed by atoms with Crippen LogP contribution in [0.15, 0.2) is 48.7 Å². The number of nitrogens with zero attached hydrogens (tertiary/aromatic N) is 6. The summed E-state index contributed by atoms with van der Waals surface area (Å²) in [5.41, 5.74) is -0.00147. The molecule has 0 N–H and O–H groups in total. The molecule has 3 saturated heterocycles. The number of piperidine rings is 1. The minimum absolute atomic E-state index is 0.00821. The Labute approximate surface area is 299 Å². The van der Waals surface area contributed by atoms with Crippen molar-refractivity contribution in [1.29, 1.82) is 0 Å². The Bertz CT molecular complexity index is 1750. The van der Waals surface area contributed by atoms with Crippen molar-refractivity contribution >= 4 is 35.2 Å². The van der Waals surface area contributed by atoms with E-state index in [1.165, 1.54) is 31.1 Å². The Balaban J connectivity index is 1.06. The van der Waals surface area contributed by atoms with Crippen LogP contribution in [0.3, 0.4) is 0 Å². The second-order valence-electron chi connectivity index (χ2n) is 13.5. The number of aryl methyl sites for hydroxylation is 1. The highest BCUT2D eigenvalue weighted by Crippen LogP contribution is 2.38. The Morgan fingerprint density at radius 2 is 1.69 bits per heavy atom. The molecule has 15 heteroatoms. The fraction of sp³-hybridized carbons (Fsp3) is 0.500. The van der Waals surface area contributed by atoms with Crippen LogP contribution < -0.4 is 9.64 Å². The van der Waals surface area contributed by atoms with Crippen LogP contribution in [0.2, 0.25) is 5.02 Å². The Kier molecular flexibility index (Phi) is 10.8. The van der Waals surface area contributed by atoms with E-state index in [1.807, 2.05) is 19.1 Å². The molecule has 3 aromatic rings. The van der Waals surface area contributed by atoms with E-state index in [0.717, 1.165) is 16.4 Å². The molecular weight excluding hydrogens is 689 g/mol. The fourth-order valence-corrected chi connectivity index (χ4v) is 7.57. The van der Waals surface area contributed by atoms with E-state index in [2.05, 4.69) is 10.00 Å². The first-order valence-corrected chi connectivity index (χ1v) is 17.5. The van der Waals surface area contributed by atoms with E-state index >= 15 is 0 Å². The van der Waals surface area contributed by atoms with Crippen molar-refractivity contribution < 1.29 is 37.0 Å². The molecule has 11 nitrogen and oxygen atoms in total. The normalized spacial score (nSPS) is 19.7. The number of anilines is 1. The first-order valence-electron chi connectivity index (χ1n) is 17.1. The van der Waals surface area contributed by atoms with E-state index < -0.39 is 29.4 Å². The summed E-state index contributed by atoms with van der Waals surface area (Å²) in [6, 6.07) is 11.7. The molecule has 0 spiro atoms. The molecule has 3 fully saturated rings. The molecule has 51 heavy (non-hydrogen) atoms. The lowest BCUT2D eigenvalue weighted by atomic mass is 10.0. The Morgan fingerprint density at radius 3 is 2.31 bits per heavy atom. The van der Waals surface area contributed by atoms with Gasteiger partial charge in [0.25, 0.3) is 5.91 Å². The number of hydrogen-bond donors (Lipinski definition) is 0. The summed E-state index contributed by atoms with van der Waals surface area (Å²) in [6.45, 7) is 7.66. The molecule has 4 heterocycles. The molecule has 1 aromatic heterocycles. The van der Waals surface area contributed by atoms with E-state index in [0.29, 0.717) is 82.3 Å². The largest absolute Gasteiger partial charge is 0.494 e. The molecule has 274 valence electrons. The average Bonchev–Trinajstić information content (AvgIpc) is 3.82. The molecule has 3 aliphatic heterocycles. The van der Waals surface area contributed by atoms with Crippen molar-refractivity contribution in [2.24, 2.45) is 11.8 Å². The molecular formula is C36H42ClF3N6O5. The highest BCUT2D eigenvalue weighted by Gasteiger charge is 2.46. The summed E-state index contributed by atoms with van der Waals surface area (Å²) < 4.78 is 55.1. The van der Waals surface area contributed by atoms with Crippen molar-refractivity contribution in [3.05, 3.63) is 70.5 Å². The maximum absolute atomic E-state index is 14.4. The maximum Gasteiger partial charge on any atom is 0.434 e. The highest BCUT2D eigenvalue weighted by molar-refractivity contribution is 6.31. The topological polar surface area (TPSA) is 100 Å². The molecule has 0 radical (unpaired) electrons. The molecule has 2 unspecified atom stereocenters. The molecule has 0 bridgehead atoms. The number of rotatable bonds is 9. The zero-order valence-electron chi connectivity index (χ0n) is 28.9. The highest BCUT2D eigenvalue weighted by atomic mass is 35.5. The summed E-state index contributed by atoms with van der Waals surface area (Å²) in [4.78, 5) is 45.9. The van der Waals surface area contributed by atoms with Gasteiger partial charge in [-0.2, -0.15) is 18.3 Å². The van der Waals surface area contributed by atoms with Gasteiger partial charge < -0.3 is 24.2 Å². The smallest absolute Gasteiger partial charge is 0.434 e. The Morgan fingerprint density at radius 1 is 1.00 bits per heavy atom. The van der Waals surface area contributed by atoms with Gasteiger partial charge in [-0.1, -0.05) is 29.8 Å². The van der Waals surface area contributed by atoms with Gasteiger partial charge in [-0.25, -0.2) is 9.48 Å². The first-order chi connectivity index (χ1) is 24.3. The number of amides is 3. The van der Waals surface area contributed by atoms with Gasteiger partial charge >= 0.3 is 12.3 Å². The average molecular weight is 731 g/mol. The van der Waals surface area contributed by atoms with Gasteiger partial charge in [0.15, 0.2) is 5.69 Å². The molecule has 6 rings (SSSR count). The lowest BCUT2D eigenvalue weighted by Gasteiger charge is -2.32. The monoisotopic (exact) mass is 730 g/mol. The number of hydrogen-bond acceptors (Lipinski definition) is 7. The van der Waals surface area contributed by atoms with Crippen molar-refractivity contribution in [2.75, 3.05) is 64.4 Å². The van der Waals surface area contributed by atoms with E-state index in [1.54, 1.807) is 28.0 Å². The predicted molar refractivity (Wildman–Crippen MR) is 184 cm³/mol. The fourth-order valence-electron chi connectivity index (χ4n) is 7.40. The second-order valence-corrected chi connectivity index (χ2v) is 13.9. The van der Waals surface area contributed by atoms with Gasteiger partial charge in [-0.15, -0.1) is 0 Å². The van der Waals surface area contributed by atoms with Gasteiger partial charge in [-0.3, -0.25) is 14.5 Å². The quantitative estimate of drug-likeness (QED) is 0.270. The number of likely N-dealkylation sites (tertiary alicyclic amines) is 3. The van der Waals surface area contributed by atoms with Gasteiger partial charge in [0, 0.05) is 76.3 Å². The lowest BCUT2D eigenvalue weighted by Crippen LogP contribution is -2.43. The summed E-state index contributed by atoms with van der Waals surface area (Å²) in [7, 11) is 1.36. The zero-order chi connectivity index (χ0) is 36.4. The van der Waals surface area contributed by atoms with Crippen molar-refractivity contribution in [3.8, 4) is 11.4 Å². The number of fused-ring (bicyclic) bond motifs is 1. The number of para-hydroxylation sites is 2. The van der Waals surface area contributed by atoms with Crippen LogP contribution in [-0.4, -0.2) is 108 Å². The van der Waals surface area contributed by atoms with Gasteiger partial charge in [0.05, 0.1) is 18.9 Å². The third kappa shape index (κ3) is 7.96. The number of ether oxygens (including phenoxy) is 2. The molecule has 2 aromatic carbocycles. The number of carbonyl (C=O) groups excluding carboxylic acids is 3. The van der Waals surface area contributed by atoms with Crippen LogP contribution in [0.1, 0.15) is 47.8 Å². The maximum atomic E-state index is 14.4. The summed E-state index contributed by atoms with van der Waals surface area (Å²) in [5, 5.41) is 4.52. The number of aromatic nitrogens is 2. The molecule has 2 atom stereocenters. The summed E-state index contributed by atoms with van der Waals surface area (Å²) in [6.07, 6.45) is -2.80. The number of carbonyl (C=O) groups is 3. The van der Waals surface area contributed by atoms with Gasteiger partial charge in [0.1, 0.15) is 17.5 Å². The minimum Gasteiger partial charge on any atom is -0.494 e. The molecule has 0 aliphatic carbocycles. The van der Waals surface area contributed by atoms with Crippen molar-refractivity contribution in [1.82, 2.24) is 24.5 Å². The van der Waals surface area contributed by atoms with Crippen LogP contribution >= 0.6 is 11.6 Å². The van der Waals surface area contributed by atoms with Gasteiger partial charge in [0.2, 0.25) is 5.91 Å². The Hall–Kier alpha value is -4.30. The van der Waals surface area contributed by atoms with Crippen LogP contribution in [0.5, 0.6) is 5.75 Å². The zero-order valence-corrected chi connectivity index (χ0v) is 29.6. The predicted octanol–water partition coefficient (Wildman–Crippen LogP) is 5.91. The number of methoxy groups -OCH3 is 1. The SMILES string of the molecule is COc1ccccc1-n1ncc(C(=O)N2CC3CN(CCCN(C(=O)OC4CCN(C(C)=O)CC4)c4ccc(C)c(Cl)c4)CC3C2)c1C(F)(F)F. The minimum atomic E-state index is -4.83. The van der Waals surface area contributed by atoms with Crippen molar-refractivity contribution in [3.63, 3.8) is 0 Å². The standard InChI is InChI=1S/C36H42ClF3N6O5/c1-23-9-10-27(17-30(23)37)45(35(49)51-28-11-15-43(16-12-28)24(2)47)14-6-13-42-19-25-21-44(22-26(25)20-42)34(48)29-18-41-46(33(29)36(38,39)40)31-7-4-5-8-32(31)50-3/h4-5,7-10,17-18,25-26,28H,6,11-16,19-22H2,1-3H3. The van der Waals surface area contributed by atoms with E-state index in [9.17, 15) is 27.6 Å². The van der Waals surface area contributed by atoms with Crippen molar-refractivity contribution in [2.45, 2.75) is 45.4 Å². The summed E-state index contributed by atoms with van der Waals surface area (Å²) in [5.74, 6) is -0.248. The number of alkyl halides is 3. The number of halogens is 4. The second kappa shape index (κ2) is 15.1. The third-order valence-corrected chi connectivity index (χ3v) is 10.5. The molecule has 3 amide bonds.